The Kier molecular flexibility index (Phi) is 8.00. The van der Waals surface area contributed by atoms with Gasteiger partial charge in [0, 0.05) is 37.4 Å². The molecular weight excluding hydrogens is 405 g/mol. The van der Waals surface area contributed by atoms with Crippen LogP contribution in [0.25, 0.3) is 0 Å². The van der Waals surface area contributed by atoms with Gasteiger partial charge in [-0.25, -0.2) is 0 Å². The first-order valence-corrected chi connectivity index (χ1v) is 11.6. The molecule has 2 atom stereocenters. The van der Waals surface area contributed by atoms with E-state index in [9.17, 15) is 22.8 Å². The molecule has 31 heavy (non-hydrogen) atoms. The first-order valence-electron chi connectivity index (χ1n) is 11.6. The standard InChI is InChI=1S/C24H33F3N2O2/c1-2-8-22(30)29-15-13-17(14-16-29)23(31)28-21-12-5-3-4-10-19(21)18-9-6-7-11-20(18)24(25,26)27/h6-7,9,11,17,19,21H,2-5,8,10,12-16H2,1H3,(H,28,31)/t19-,21-/m1/s1. The van der Waals surface area contributed by atoms with Crippen LogP contribution in [0.1, 0.15) is 81.8 Å². The van der Waals surface area contributed by atoms with E-state index in [4.69, 9.17) is 0 Å². The molecule has 2 aliphatic rings. The molecule has 1 aromatic carbocycles. The molecule has 1 saturated heterocycles. The second-order valence-corrected chi connectivity index (χ2v) is 8.85. The Morgan fingerprint density at radius 2 is 1.71 bits per heavy atom. The number of amides is 2. The zero-order chi connectivity index (χ0) is 22.4. The van der Waals surface area contributed by atoms with Gasteiger partial charge >= 0.3 is 6.18 Å². The van der Waals surface area contributed by atoms with E-state index in [2.05, 4.69) is 5.32 Å². The van der Waals surface area contributed by atoms with Gasteiger partial charge in [0.1, 0.15) is 0 Å². The molecule has 4 nitrogen and oxygen atoms in total. The third-order valence-corrected chi connectivity index (χ3v) is 6.69. The van der Waals surface area contributed by atoms with Crippen LogP contribution in [0.4, 0.5) is 13.2 Å². The minimum atomic E-state index is -4.41. The summed E-state index contributed by atoms with van der Waals surface area (Å²) in [4.78, 5) is 26.9. The Bertz CT molecular complexity index is 757. The molecule has 2 fully saturated rings. The highest BCUT2D eigenvalue weighted by Gasteiger charge is 2.38. The van der Waals surface area contributed by atoms with Gasteiger partial charge in [-0.3, -0.25) is 9.59 Å². The first kappa shape index (κ1) is 23.6. The van der Waals surface area contributed by atoms with Crippen molar-refractivity contribution in [2.24, 2.45) is 5.92 Å². The Hall–Kier alpha value is -2.05. The van der Waals surface area contributed by atoms with Crippen LogP contribution in [0.5, 0.6) is 0 Å². The van der Waals surface area contributed by atoms with Crippen molar-refractivity contribution in [3.05, 3.63) is 35.4 Å². The topological polar surface area (TPSA) is 49.4 Å². The van der Waals surface area contributed by atoms with Gasteiger partial charge in [0.05, 0.1) is 5.56 Å². The Balaban J connectivity index is 1.69. The Morgan fingerprint density at radius 1 is 1.03 bits per heavy atom. The lowest BCUT2D eigenvalue weighted by molar-refractivity contribution is -0.138. The molecule has 0 unspecified atom stereocenters. The highest BCUT2D eigenvalue weighted by molar-refractivity contribution is 5.80. The summed E-state index contributed by atoms with van der Waals surface area (Å²) < 4.78 is 40.9. The molecular formula is C24H33F3N2O2. The van der Waals surface area contributed by atoms with Gasteiger partial charge in [-0.1, -0.05) is 44.4 Å². The minimum absolute atomic E-state index is 0.0796. The molecule has 1 N–H and O–H groups in total. The van der Waals surface area contributed by atoms with Crippen molar-refractivity contribution >= 4 is 11.8 Å². The SMILES string of the molecule is CCCC(=O)N1CCC(C(=O)N[C@@H]2CCCCC[C@@H]2c2ccccc2C(F)(F)F)CC1. The summed E-state index contributed by atoms with van der Waals surface area (Å²) in [5.41, 5.74) is -0.300. The number of piperidine rings is 1. The van der Waals surface area contributed by atoms with Crippen molar-refractivity contribution in [3.63, 3.8) is 0 Å². The van der Waals surface area contributed by atoms with Gasteiger partial charge in [-0.2, -0.15) is 13.2 Å². The van der Waals surface area contributed by atoms with Crippen molar-refractivity contribution in [2.75, 3.05) is 13.1 Å². The van der Waals surface area contributed by atoms with E-state index in [0.717, 1.165) is 31.7 Å². The normalized spacial score (nSPS) is 23.3. The van der Waals surface area contributed by atoms with Crippen molar-refractivity contribution in [1.29, 1.82) is 0 Å². The van der Waals surface area contributed by atoms with E-state index >= 15 is 0 Å². The number of carbonyl (C=O) groups excluding carboxylic acids is 2. The molecule has 1 heterocycles. The largest absolute Gasteiger partial charge is 0.416 e. The van der Waals surface area contributed by atoms with Gasteiger partial charge in [-0.15, -0.1) is 0 Å². The van der Waals surface area contributed by atoms with Gasteiger partial charge in [0.25, 0.3) is 0 Å². The second kappa shape index (κ2) is 10.5. The highest BCUT2D eigenvalue weighted by atomic mass is 19.4. The van der Waals surface area contributed by atoms with Crippen molar-refractivity contribution in [3.8, 4) is 0 Å². The monoisotopic (exact) mass is 438 g/mol. The first-order chi connectivity index (χ1) is 14.8. The van der Waals surface area contributed by atoms with E-state index in [1.54, 1.807) is 12.1 Å². The summed E-state index contributed by atoms with van der Waals surface area (Å²) in [5.74, 6) is -0.471. The second-order valence-electron chi connectivity index (χ2n) is 8.85. The van der Waals surface area contributed by atoms with Gasteiger partial charge < -0.3 is 10.2 Å². The number of nitrogens with one attached hydrogen (secondary N) is 1. The highest BCUT2D eigenvalue weighted by Crippen LogP contribution is 2.40. The maximum absolute atomic E-state index is 13.6. The maximum atomic E-state index is 13.6. The molecule has 172 valence electrons. The van der Waals surface area contributed by atoms with Crippen LogP contribution < -0.4 is 5.32 Å². The number of nitrogens with zero attached hydrogens (tertiary/aromatic N) is 1. The molecule has 7 heteroatoms. The van der Waals surface area contributed by atoms with Crippen LogP contribution in [-0.4, -0.2) is 35.8 Å². The number of hydrogen-bond donors (Lipinski definition) is 1. The molecule has 1 aliphatic heterocycles. The number of hydrogen-bond acceptors (Lipinski definition) is 2. The Labute approximate surface area is 182 Å². The fraction of sp³-hybridized carbons (Fsp3) is 0.667. The predicted octanol–water partition coefficient (Wildman–Crippen LogP) is 5.28. The lowest BCUT2D eigenvalue weighted by atomic mass is 9.84. The average molecular weight is 439 g/mol. The van der Waals surface area contributed by atoms with Crippen molar-refractivity contribution < 1.29 is 22.8 Å². The summed E-state index contributed by atoms with van der Waals surface area (Å²) in [5, 5.41) is 3.12. The summed E-state index contributed by atoms with van der Waals surface area (Å²) in [6.45, 7) is 3.11. The number of alkyl halides is 3. The molecule has 0 spiro atoms. The molecule has 1 saturated carbocycles. The number of rotatable bonds is 5. The quantitative estimate of drug-likeness (QED) is 0.636. The van der Waals surface area contributed by atoms with Crippen LogP contribution in [0, 0.1) is 5.92 Å². The third-order valence-electron chi connectivity index (χ3n) is 6.69. The smallest absolute Gasteiger partial charge is 0.353 e. The molecule has 3 rings (SSSR count). The van der Waals surface area contributed by atoms with Crippen LogP contribution in [-0.2, 0) is 15.8 Å². The van der Waals surface area contributed by atoms with Crippen LogP contribution in [0.3, 0.4) is 0 Å². The molecule has 2 amide bonds. The van der Waals surface area contributed by atoms with Gasteiger partial charge in [0.2, 0.25) is 11.8 Å². The fourth-order valence-electron chi connectivity index (χ4n) is 4.99. The van der Waals surface area contributed by atoms with Crippen LogP contribution in [0.15, 0.2) is 24.3 Å². The number of benzene rings is 1. The van der Waals surface area contributed by atoms with E-state index in [0.29, 0.717) is 50.8 Å². The predicted molar refractivity (Wildman–Crippen MR) is 113 cm³/mol. The van der Waals surface area contributed by atoms with Crippen molar-refractivity contribution in [1.82, 2.24) is 10.2 Å². The lowest BCUT2D eigenvalue weighted by Gasteiger charge is -2.34. The van der Waals surface area contributed by atoms with Crippen molar-refractivity contribution in [2.45, 2.75) is 82.8 Å². The Morgan fingerprint density at radius 3 is 2.39 bits per heavy atom. The van der Waals surface area contributed by atoms with E-state index in [1.165, 1.54) is 6.07 Å². The van der Waals surface area contributed by atoms with E-state index in [-0.39, 0.29) is 29.7 Å². The third kappa shape index (κ3) is 6.01. The molecule has 1 aromatic rings. The van der Waals surface area contributed by atoms with Crippen LogP contribution in [0.2, 0.25) is 0 Å². The van der Waals surface area contributed by atoms with E-state index in [1.807, 2.05) is 11.8 Å². The summed E-state index contributed by atoms with van der Waals surface area (Å²) in [6, 6.07) is 5.48. The minimum Gasteiger partial charge on any atom is -0.353 e. The summed E-state index contributed by atoms with van der Waals surface area (Å²) >= 11 is 0. The van der Waals surface area contributed by atoms with Gasteiger partial charge in [0.15, 0.2) is 0 Å². The molecule has 0 aromatic heterocycles. The van der Waals surface area contributed by atoms with Gasteiger partial charge in [-0.05, 0) is 43.7 Å². The molecule has 0 bridgehead atoms. The zero-order valence-corrected chi connectivity index (χ0v) is 18.2. The zero-order valence-electron chi connectivity index (χ0n) is 18.2. The lowest BCUT2D eigenvalue weighted by Crippen LogP contribution is -2.46. The molecule has 0 radical (unpaired) electrons. The summed E-state index contributed by atoms with van der Waals surface area (Å²) in [6.07, 6.45) is 2.21. The number of halogens is 3. The molecule has 1 aliphatic carbocycles. The van der Waals surface area contributed by atoms with Crippen LogP contribution >= 0.6 is 0 Å². The fourth-order valence-corrected chi connectivity index (χ4v) is 4.99. The number of likely N-dealkylation sites (tertiary alicyclic amines) is 1. The maximum Gasteiger partial charge on any atom is 0.416 e. The number of carbonyl (C=O) groups is 2. The average Bonchev–Trinajstić information content (AvgIpc) is 2.98. The van der Waals surface area contributed by atoms with E-state index < -0.39 is 11.7 Å². The summed E-state index contributed by atoms with van der Waals surface area (Å²) in [7, 11) is 0.